The lowest BCUT2D eigenvalue weighted by molar-refractivity contribution is -0.127. The summed E-state index contributed by atoms with van der Waals surface area (Å²) in [4.78, 5) is 4.35. The van der Waals surface area contributed by atoms with Gasteiger partial charge < -0.3 is 36.6 Å². The monoisotopic (exact) mass is 465 g/mol. The number of benzene rings is 2. The van der Waals surface area contributed by atoms with Gasteiger partial charge in [0.1, 0.15) is 24.4 Å². The topological polar surface area (TPSA) is 155 Å². The SMILES string of the molecule is COC(C(O)CO)C(O)C(O)CN=C1C=CC(=C(c2ccc(N)cc2)c2ccc(N)cc2)C=C1. The Balaban J connectivity index is 1.82. The summed E-state index contributed by atoms with van der Waals surface area (Å²) in [6.45, 7) is -0.702. The number of aliphatic imine (C=N–C) groups is 1. The first-order valence-corrected chi connectivity index (χ1v) is 10.9. The molecule has 0 saturated heterocycles. The number of hydrogen-bond acceptors (Lipinski definition) is 8. The van der Waals surface area contributed by atoms with Gasteiger partial charge in [0.15, 0.2) is 0 Å². The Morgan fingerprint density at radius 1 is 0.824 bits per heavy atom. The molecule has 1 aliphatic rings. The van der Waals surface area contributed by atoms with Crippen LogP contribution >= 0.6 is 0 Å². The molecule has 34 heavy (non-hydrogen) atoms. The summed E-state index contributed by atoms with van der Waals surface area (Å²) in [7, 11) is 1.28. The van der Waals surface area contributed by atoms with E-state index in [0.29, 0.717) is 17.1 Å². The number of hydrogen-bond donors (Lipinski definition) is 6. The van der Waals surface area contributed by atoms with Gasteiger partial charge in [-0.2, -0.15) is 0 Å². The lowest BCUT2D eigenvalue weighted by Gasteiger charge is -2.27. The first-order chi connectivity index (χ1) is 16.3. The van der Waals surface area contributed by atoms with E-state index in [1.54, 1.807) is 0 Å². The van der Waals surface area contributed by atoms with Crippen LogP contribution in [0, 0.1) is 0 Å². The second-order valence-corrected chi connectivity index (χ2v) is 8.01. The Kier molecular flexibility index (Phi) is 8.75. The predicted molar refractivity (Wildman–Crippen MR) is 134 cm³/mol. The van der Waals surface area contributed by atoms with Crippen molar-refractivity contribution in [1.29, 1.82) is 0 Å². The molecule has 8 N–H and O–H groups in total. The molecule has 0 saturated carbocycles. The van der Waals surface area contributed by atoms with E-state index in [0.717, 1.165) is 22.3 Å². The molecule has 3 rings (SSSR count). The van der Waals surface area contributed by atoms with E-state index in [1.807, 2.05) is 72.8 Å². The lowest BCUT2D eigenvalue weighted by Crippen LogP contribution is -2.48. The average molecular weight is 466 g/mol. The Morgan fingerprint density at radius 2 is 1.32 bits per heavy atom. The summed E-state index contributed by atoms with van der Waals surface area (Å²) in [5.41, 5.74) is 17.6. The highest BCUT2D eigenvalue weighted by molar-refractivity contribution is 6.07. The molecule has 4 unspecified atom stereocenters. The number of nitrogens with two attached hydrogens (primary N) is 2. The van der Waals surface area contributed by atoms with Crippen molar-refractivity contribution in [3.05, 3.63) is 89.5 Å². The molecule has 8 heteroatoms. The minimum atomic E-state index is -1.41. The second kappa shape index (κ2) is 11.7. The number of allylic oxidation sites excluding steroid dienone is 5. The second-order valence-electron chi connectivity index (χ2n) is 8.01. The van der Waals surface area contributed by atoms with Crippen molar-refractivity contribution in [2.75, 3.05) is 31.7 Å². The molecule has 1 aliphatic carbocycles. The fraction of sp³-hybridized carbons (Fsp3) is 0.269. The van der Waals surface area contributed by atoms with Gasteiger partial charge >= 0.3 is 0 Å². The quantitative estimate of drug-likeness (QED) is 0.305. The molecule has 8 nitrogen and oxygen atoms in total. The van der Waals surface area contributed by atoms with Crippen molar-refractivity contribution >= 4 is 22.7 Å². The molecule has 2 aromatic carbocycles. The summed E-state index contributed by atoms with van der Waals surface area (Å²) in [5.74, 6) is 0. The van der Waals surface area contributed by atoms with E-state index in [-0.39, 0.29) is 6.54 Å². The fourth-order valence-electron chi connectivity index (χ4n) is 3.69. The largest absolute Gasteiger partial charge is 0.399 e. The number of nitrogens with zero attached hydrogens (tertiary/aromatic N) is 1. The Labute approximate surface area is 198 Å². The van der Waals surface area contributed by atoms with Gasteiger partial charge in [0.2, 0.25) is 0 Å². The molecule has 0 spiro atoms. The van der Waals surface area contributed by atoms with Crippen LogP contribution in [0.5, 0.6) is 0 Å². The normalized spacial score (nSPS) is 16.7. The number of ether oxygens (including phenoxy) is 1. The average Bonchev–Trinajstić information content (AvgIpc) is 2.86. The van der Waals surface area contributed by atoms with Gasteiger partial charge in [-0.3, -0.25) is 4.99 Å². The van der Waals surface area contributed by atoms with Gasteiger partial charge in [-0.15, -0.1) is 0 Å². The summed E-state index contributed by atoms with van der Waals surface area (Å²) >= 11 is 0. The van der Waals surface area contributed by atoms with Crippen LogP contribution in [-0.2, 0) is 4.74 Å². The minimum absolute atomic E-state index is 0.106. The first-order valence-electron chi connectivity index (χ1n) is 10.9. The van der Waals surface area contributed by atoms with Crippen LogP contribution in [0.25, 0.3) is 5.57 Å². The molecular weight excluding hydrogens is 434 g/mol. The van der Waals surface area contributed by atoms with Crippen LogP contribution in [0.4, 0.5) is 11.4 Å². The maximum Gasteiger partial charge on any atom is 0.114 e. The third-order valence-corrected chi connectivity index (χ3v) is 5.58. The van der Waals surface area contributed by atoms with Crippen molar-refractivity contribution in [3.63, 3.8) is 0 Å². The van der Waals surface area contributed by atoms with Crippen LogP contribution in [0.15, 0.2) is 83.4 Å². The van der Waals surface area contributed by atoms with Crippen molar-refractivity contribution < 1.29 is 25.2 Å². The van der Waals surface area contributed by atoms with Gasteiger partial charge in [0, 0.05) is 18.5 Å². The lowest BCUT2D eigenvalue weighted by atomic mass is 9.90. The fourth-order valence-corrected chi connectivity index (χ4v) is 3.69. The number of anilines is 2. The summed E-state index contributed by atoms with van der Waals surface area (Å²) in [5, 5.41) is 39.3. The number of methoxy groups -OCH3 is 1. The standard InChI is InChI=1S/C26H31N3O5/c1-34-26(23(32)15-30)25(33)22(31)14-29-21-12-6-18(7-13-21)24(16-2-8-19(27)9-3-16)17-4-10-20(28)11-5-17/h2-13,22-23,25-26,30-33H,14-15,27-28H2,1H3. The van der Waals surface area contributed by atoms with Crippen molar-refractivity contribution in [1.82, 2.24) is 0 Å². The molecule has 0 heterocycles. The third kappa shape index (κ3) is 6.19. The van der Waals surface area contributed by atoms with Crippen LogP contribution in [0.2, 0.25) is 0 Å². The van der Waals surface area contributed by atoms with Gasteiger partial charge in [0.05, 0.1) is 18.9 Å². The smallest absolute Gasteiger partial charge is 0.114 e. The first kappa shape index (κ1) is 25.4. The zero-order chi connectivity index (χ0) is 24.7. The van der Waals surface area contributed by atoms with Gasteiger partial charge in [-0.1, -0.05) is 36.4 Å². The Bertz CT molecular complexity index is 1010. The maximum atomic E-state index is 10.3. The van der Waals surface area contributed by atoms with Crippen molar-refractivity contribution in [3.8, 4) is 0 Å². The minimum Gasteiger partial charge on any atom is -0.399 e. The molecule has 2 aromatic rings. The van der Waals surface area contributed by atoms with Crippen LogP contribution < -0.4 is 11.5 Å². The number of rotatable bonds is 9. The van der Waals surface area contributed by atoms with E-state index in [1.165, 1.54) is 7.11 Å². The molecule has 180 valence electrons. The molecular formula is C26H31N3O5. The Hall–Kier alpha value is -3.27. The van der Waals surface area contributed by atoms with E-state index in [2.05, 4.69) is 4.99 Å². The molecule has 0 aliphatic heterocycles. The highest BCUT2D eigenvalue weighted by atomic mass is 16.5. The number of aliphatic hydroxyl groups is 4. The molecule has 0 amide bonds. The van der Waals surface area contributed by atoms with Crippen LogP contribution in [0.3, 0.4) is 0 Å². The molecule has 0 radical (unpaired) electrons. The van der Waals surface area contributed by atoms with Crippen LogP contribution in [0.1, 0.15) is 11.1 Å². The highest BCUT2D eigenvalue weighted by Crippen LogP contribution is 2.30. The van der Waals surface area contributed by atoms with Crippen molar-refractivity contribution in [2.45, 2.75) is 24.4 Å². The van der Waals surface area contributed by atoms with Crippen molar-refractivity contribution in [2.24, 2.45) is 4.99 Å². The summed E-state index contributed by atoms with van der Waals surface area (Å²) in [6.07, 6.45) is 2.36. The van der Waals surface area contributed by atoms with Gasteiger partial charge in [-0.05, 0) is 58.7 Å². The summed E-state index contributed by atoms with van der Waals surface area (Å²) in [6, 6.07) is 15.3. The van der Waals surface area contributed by atoms with Gasteiger partial charge in [-0.25, -0.2) is 0 Å². The van der Waals surface area contributed by atoms with E-state index < -0.39 is 31.0 Å². The van der Waals surface area contributed by atoms with Gasteiger partial charge in [0.25, 0.3) is 0 Å². The number of nitrogen functional groups attached to an aromatic ring is 2. The maximum absolute atomic E-state index is 10.3. The zero-order valence-corrected chi connectivity index (χ0v) is 19.0. The van der Waals surface area contributed by atoms with E-state index >= 15 is 0 Å². The molecule has 0 aromatic heterocycles. The predicted octanol–water partition coefficient (Wildman–Crippen LogP) is 1.31. The highest BCUT2D eigenvalue weighted by Gasteiger charge is 2.31. The van der Waals surface area contributed by atoms with Crippen LogP contribution in [-0.4, -0.2) is 70.8 Å². The Morgan fingerprint density at radius 3 is 1.76 bits per heavy atom. The van der Waals surface area contributed by atoms with E-state index in [9.17, 15) is 15.3 Å². The molecule has 4 atom stereocenters. The number of aliphatic hydroxyl groups excluding tert-OH is 4. The third-order valence-electron chi connectivity index (χ3n) is 5.58. The molecule has 0 bridgehead atoms. The molecule has 0 fully saturated rings. The summed E-state index contributed by atoms with van der Waals surface area (Å²) < 4.78 is 5.00. The van der Waals surface area contributed by atoms with E-state index in [4.69, 9.17) is 21.3 Å². The zero-order valence-electron chi connectivity index (χ0n) is 19.0.